The Morgan fingerprint density at radius 3 is 1.25 bits per heavy atom. The first-order valence-corrected chi connectivity index (χ1v) is 28.9. The quantitative estimate of drug-likeness (QED) is 0.0599. The molecule has 0 spiro atoms. The van der Waals surface area contributed by atoms with Gasteiger partial charge in [0.1, 0.15) is 38.8 Å². The molecule has 3 heterocycles. The highest BCUT2D eigenvalue weighted by atomic mass is 35.6. The first-order chi connectivity index (χ1) is 32.1. The number of carbonyl (C=O) groups excluding carboxylic acids is 1. The molecule has 69 heavy (non-hydrogen) atoms. The molecule has 9 nitrogen and oxygen atoms in total. The van der Waals surface area contributed by atoms with E-state index in [1.54, 1.807) is 25.2 Å². The van der Waals surface area contributed by atoms with Gasteiger partial charge in [0.25, 0.3) is 0 Å². The SMILES string of the molecule is C.CC(=O)Nc1c(-c2ccccc2)ccc2sc(C(C)O)nc12.CC(C)(C)[Si](C)(C)Cl.CC(C)c1nc2c(N)c(-c3ccccc3)ccc2s1.CC(O)c1nc2c(N)c(-c3ccccc3)ccc2s1. The van der Waals surface area contributed by atoms with E-state index in [4.69, 9.17) is 27.5 Å². The van der Waals surface area contributed by atoms with Crippen LogP contribution < -0.4 is 16.8 Å². The molecule has 2 unspecified atom stereocenters. The van der Waals surface area contributed by atoms with Crippen molar-refractivity contribution in [3.63, 3.8) is 0 Å². The molecule has 9 aromatic rings. The highest BCUT2D eigenvalue weighted by Crippen LogP contribution is 2.41. The van der Waals surface area contributed by atoms with Crippen LogP contribution in [0.5, 0.6) is 0 Å². The van der Waals surface area contributed by atoms with Crippen molar-refractivity contribution >= 4 is 106 Å². The lowest BCUT2D eigenvalue weighted by molar-refractivity contribution is -0.114. The molecule has 0 aliphatic carbocycles. The summed E-state index contributed by atoms with van der Waals surface area (Å²) in [4.78, 5) is 25.2. The molecule has 0 fully saturated rings. The van der Waals surface area contributed by atoms with Crippen molar-refractivity contribution in [2.75, 3.05) is 16.8 Å². The second-order valence-electron chi connectivity index (χ2n) is 18.2. The number of hydrogen-bond acceptors (Lipinski definition) is 11. The van der Waals surface area contributed by atoms with Gasteiger partial charge in [0.15, 0.2) is 7.38 Å². The van der Waals surface area contributed by atoms with Crippen molar-refractivity contribution in [1.82, 2.24) is 15.0 Å². The van der Waals surface area contributed by atoms with Gasteiger partial charge in [-0.25, -0.2) is 15.0 Å². The van der Waals surface area contributed by atoms with E-state index in [-0.39, 0.29) is 13.3 Å². The van der Waals surface area contributed by atoms with E-state index in [2.05, 4.69) is 87.3 Å². The van der Waals surface area contributed by atoms with Crippen LogP contribution in [0, 0.1) is 0 Å². The Labute approximate surface area is 425 Å². The van der Waals surface area contributed by atoms with Crippen molar-refractivity contribution in [2.45, 2.75) is 99.1 Å². The number of nitrogens with two attached hydrogens (primary N) is 2. The lowest BCUT2D eigenvalue weighted by Crippen LogP contribution is -2.29. The number of nitrogens with one attached hydrogen (secondary N) is 1. The number of amides is 1. The molecule has 0 aliphatic rings. The van der Waals surface area contributed by atoms with Crippen molar-refractivity contribution < 1.29 is 15.0 Å². The van der Waals surface area contributed by atoms with Gasteiger partial charge in [-0.3, -0.25) is 4.79 Å². The maximum absolute atomic E-state index is 11.6. The average molecular weight is 1020 g/mol. The number of aromatic nitrogens is 3. The van der Waals surface area contributed by atoms with E-state index in [1.807, 2.05) is 103 Å². The summed E-state index contributed by atoms with van der Waals surface area (Å²) < 4.78 is 3.12. The summed E-state index contributed by atoms with van der Waals surface area (Å²) in [7, 11) is -1.39. The molecule has 2 atom stereocenters. The number of benzene rings is 6. The maximum atomic E-state index is 11.6. The Balaban J connectivity index is 0.000000178. The number of halogens is 1. The molecule has 0 aliphatic heterocycles. The molecular formula is C55H65ClN6O3S3Si. The molecule has 14 heteroatoms. The number of nitrogens with zero attached hydrogens (tertiary/aromatic N) is 3. The maximum Gasteiger partial charge on any atom is 0.221 e. The lowest BCUT2D eigenvalue weighted by Gasteiger charge is -2.29. The predicted molar refractivity (Wildman–Crippen MR) is 303 cm³/mol. The van der Waals surface area contributed by atoms with Gasteiger partial charge in [-0.2, -0.15) is 11.1 Å². The zero-order valence-electron chi connectivity index (χ0n) is 40.3. The summed E-state index contributed by atoms with van der Waals surface area (Å²) in [6.45, 7) is 20.2. The fourth-order valence-electron chi connectivity index (χ4n) is 6.58. The van der Waals surface area contributed by atoms with Crippen molar-refractivity contribution in [3.8, 4) is 33.4 Å². The summed E-state index contributed by atoms with van der Waals surface area (Å²) in [6, 6.07) is 42.3. The molecule has 1 amide bonds. The largest absolute Gasteiger partial charge is 0.396 e. The van der Waals surface area contributed by atoms with Crippen LogP contribution in [-0.2, 0) is 4.79 Å². The minimum absolute atomic E-state index is 0. The number of carbonyl (C=O) groups is 1. The van der Waals surface area contributed by atoms with Crippen LogP contribution in [0.3, 0.4) is 0 Å². The van der Waals surface area contributed by atoms with Gasteiger partial charge in [-0.1, -0.05) is 164 Å². The smallest absolute Gasteiger partial charge is 0.221 e. The van der Waals surface area contributed by atoms with Crippen molar-refractivity contribution in [1.29, 1.82) is 0 Å². The van der Waals surface area contributed by atoms with Crippen LogP contribution in [0.4, 0.5) is 17.1 Å². The van der Waals surface area contributed by atoms with Crippen LogP contribution in [0.1, 0.15) is 96.0 Å². The van der Waals surface area contributed by atoms with Crippen molar-refractivity contribution in [2.24, 2.45) is 0 Å². The average Bonchev–Trinajstić information content (AvgIpc) is 4.06. The number of nitrogen functional groups attached to an aromatic ring is 2. The van der Waals surface area contributed by atoms with Crippen molar-refractivity contribution in [3.05, 3.63) is 142 Å². The summed E-state index contributed by atoms with van der Waals surface area (Å²) in [6.07, 6.45) is -1.18. The number of anilines is 3. The van der Waals surface area contributed by atoms with Gasteiger partial charge in [-0.05, 0) is 53.8 Å². The zero-order chi connectivity index (χ0) is 49.5. The Morgan fingerprint density at radius 2 is 0.899 bits per heavy atom. The Morgan fingerprint density at radius 1 is 0.580 bits per heavy atom. The molecule has 0 radical (unpaired) electrons. The third kappa shape index (κ3) is 13.4. The molecular weight excluding hydrogens is 952 g/mol. The highest BCUT2D eigenvalue weighted by molar-refractivity contribution is 7.20. The number of aliphatic hydroxyl groups is 2. The van der Waals surface area contributed by atoms with Crippen LogP contribution >= 0.6 is 45.1 Å². The van der Waals surface area contributed by atoms with Crippen LogP contribution in [0.25, 0.3) is 64.0 Å². The minimum Gasteiger partial charge on any atom is -0.396 e. The van der Waals surface area contributed by atoms with Gasteiger partial charge in [-0.15, -0.1) is 34.0 Å². The predicted octanol–water partition coefficient (Wildman–Crippen LogP) is 16.1. The number of aliphatic hydroxyl groups excluding tert-OH is 2. The first kappa shape index (κ1) is 54.4. The van der Waals surface area contributed by atoms with Gasteiger partial charge >= 0.3 is 0 Å². The van der Waals surface area contributed by atoms with Gasteiger partial charge in [0.05, 0.1) is 36.2 Å². The normalized spacial score (nSPS) is 12.2. The molecule has 3 aromatic heterocycles. The Hall–Kier alpha value is -5.51. The van der Waals surface area contributed by atoms with Gasteiger partial charge in [0, 0.05) is 29.5 Å². The zero-order valence-corrected chi connectivity index (χ0v) is 44.5. The lowest BCUT2D eigenvalue weighted by atomic mass is 10.0. The topological polar surface area (TPSA) is 160 Å². The standard InChI is InChI=1S/C17H16N2O2S.C16H16N2S.C15H14N2OS.C6H15ClSi.CH4/c1-10(20)17-19-16-14(22-17)9-8-13(15(16)18-11(2)21)12-6-4-3-5-7-12;1-10(2)16-18-15-13(19-16)9-8-12(14(15)17)11-6-4-3-5-7-11;1-9(18)15-17-14-12(19-15)8-7-11(13(14)16)10-5-3-2-4-6-10;1-6(2,3)8(4,5)7;/h3-10,20H,1-2H3,(H,18,21);3-10H,17H2,1-2H3;2-9,18H,16H2,1H3;1-5H3;1H4. The second kappa shape index (κ2) is 23.4. The van der Waals surface area contributed by atoms with Crippen LogP contribution in [0.15, 0.2) is 127 Å². The van der Waals surface area contributed by atoms with E-state index in [0.29, 0.717) is 32.3 Å². The van der Waals surface area contributed by atoms with E-state index < -0.39 is 19.6 Å². The van der Waals surface area contributed by atoms with Gasteiger partial charge in [0.2, 0.25) is 5.91 Å². The number of fused-ring (bicyclic) bond motifs is 3. The number of rotatable bonds is 7. The van der Waals surface area contributed by atoms with Crippen LogP contribution in [-0.4, -0.2) is 38.5 Å². The summed E-state index contributed by atoms with van der Waals surface area (Å²) >= 11 is 10.8. The minimum atomic E-state index is -1.39. The molecule has 0 saturated carbocycles. The van der Waals surface area contributed by atoms with E-state index in [9.17, 15) is 15.0 Å². The molecule has 9 rings (SSSR count). The first-order valence-electron chi connectivity index (χ1n) is 22.4. The molecule has 7 N–H and O–H groups in total. The molecule has 0 saturated heterocycles. The van der Waals surface area contributed by atoms with E-state index in [1.165, 1.54) is 34.3 Å². The van der Waals surface area contributed by atoms with E-state index >= 15 is 0 Å². The summed E-state index contributed by atoms with van der Waals surface area (Å²) in [5.74, 6) is 0.299. The van der Waals surface area contributed by atoms with Crippen LogP contribution in [0.2, 0.25) is 18.1 Å². The summed E-state index contributed by atoms with van der Waals surface area (Å²) in [5, 5.41) is 25.1. The second-order valence-corrected chi connectivity index (χ2v) is 28.7. The van der Waals surface area contributed by atoms with Gasteiger partial charge < -0.3 is 27.0 Å². The molecule has 0 bridgehead atoms. The fraction of sp³-hybridized carbons (Fsp3) is 0.273. The Bertz CT molecular complexity index is 2970. The summed E-state index contributed by atoms with van der Waals surface area (Å²) in [5.41, 5.74) is 23.3. The Kier molecular flexibility index (Phi) is 18.5. The molecule has 6 aromatic carbocycles. The molecule has 362 valence electrons. The fourth-order valence-corrected chi connectivity index (χ4v) is 9.40. The monoisotopic (exact) mass is 1020 g/mol. The highest BCUT2D eigenvalue weighted by Gasteiger charge is 2.32. The third-order valence-corrected chi connectivity index (χ3v) is 20.3. The van der Waals surface area contributed by atoms with E-state index in [0.717, 1.165) is 70.0 Å². The number of thiazole rings is 3. The third-order valence-electron chi connectivity index (χ3n) is 11.4. The number of hydrogen-bond donors (Lipinski definition) is 5.